The summed E-state index contributed by atoms with van der Waals surface area (Å²) in [6.45, 7) is 6.23. The fourth-order valence-corrected chi connectivity index (χ4v) is 6.04. The van der Waals surface area contributed by atoms with E-state index in [1.54, 1.807) is 0 Å². The number of allylic oxidation sites excluding steroid dienone is 20. The van der Waals surface area contributed by atoms with E-state index in [9.17, 15) is 14.4 Å². The molecule has 0 spiro atoms. The molecule has 0 aliphatic heterocycles. The van der Waals surface area contributed by atoms with E-state index in [1.165, 1.54) is 57.8 Å². The molecule has 0 fully saturated rings. The molecular formula is C55H86O6. The summed E-state index contributed by atoms with van der Waals surface area (Å²) in [4.78, 5) is 37.8. The summed E-state index contributed by atoms with van der Waals surface area (Å²) in [6, 6.07) is 0. The second-order valence-corrected chi connectivity index (χ2v) is 15.4. The third-order valence-electron chi connectivity index (χ3n) is 9.63. The average Bonchev–Trinajstić information content (AvgIpc) is 3.26. The van der Waals surface area contributed by atoms with Crippen LogP contribution in [-0.4, -0.2) is 37.2 Å². The van der Waals surface area contributed by atoms with Gasteiger partial charge < -0.3 is 14.2 Å². The summed E-state index contributed by atoms with van der Waals surface area (Å²) in [6.07, 6.45) is 66.2. The highest BCUT2D eigenvalue weighted by molar-refractivity contribution is 5.71. The Morgan fingerprint density at radius 1 is 0.361 bits per heavy atom. The molecule has 0 heterocycles. The van der Waals surface area contributed by atoms with Crippen LogP contribution in [0.4, 0.5) is 0 Å². The molecule has 0 rings (SSSR count). The topological polar surface area (TPSA) is 78.9 Å². The lowest BCUT2D eigenvalue weighted by atomic mass is 10.1. The lowest BCUT2D eigenvalue weighted by Crippen LogP contribution is -2.30. The van der Waals surface area contributed by atoms with Gasteiger partial charge in [-0.05, 0) is 77.0 Å². The minimum atomic E-state index is -0.827. The van der Waals surface area contributed by atoms with Crippen molar-refractivity contribution in [1.29, 1.82) is 0 Å². The summed E-state index contributed by atoms with van der Waals surface area (Å²) in [5.74, 6) is -1.06. The Labute approximate surface area is 373 Å². The average molecular weight is 843 g/mol. The van der Waals surface area contributed by atoms with E-state index in [1.807, 2.05) is 54.7 Å². The molecule has 0 bridgehead atoms. The van der Waals surface area contributed by atoms with Gasteiger partial charge >= 0.3 is 17.9 Å². The molecule has 0 N–H and O–H groups in total. The van der Waals surface area contributed by atoms with E-state index in [0.717, 1.165) is 83.5 Å². The summed E-state index contributed by atoms with van der Waals surface area (Å²) in [5.41, 5.74) is 0. The van der Waals surface area contributed by atoms with Gasteiger partial charge in [-0.3, -0.25) is 14.4 Å². The molecule has 0 saturated carbocycles. The molecular weight excluding hydrogens is 757 g/mol. The molecule has 1 atom stereocenters. The number of hydrogen-bond donors (Lipinski definition) is 0. The predicted octanol–water partition coefficient (Wildman–Crippen LogP) is 15.7. The largest absolute Gasteiger partial charge is 0.462 e. The van der Waals surface area contributed by atoms with Crippen LogP contribution < -0.4 is 0 Å². The minimum absolute atomic E-state index is 0.126. The highest BCUT2D eigenvalue weighted by Crippen LogP contribution is 2.12. The molecule has 1 unspecified atom stereocenters. The number of rotatable bonds is 41. The third kappa shape index (κ3) is 46.7. The first-order chi connectivity index (χ1) is 30.0. The fraction of sp³-hybridized carbons (Fsp3) is 0.582. The summed E-state index contributed by atoms with van der Waals surface area (Å²) < 4.78 is 16.6. The molecule has 0 aromatic carbocycles. The first kappa shape index (κ1) is 56.8. The van der Waals surface area contributed by atoms with Crippen molar-refractivity contribution in [2.24, 2.45) is 0 Å². The van der Waals surface area contributed by atoms with Gasteiger partial charge in [0, 0.05) is 19.3 Å². The van der Waals surface area contributed by atoms with Crippen molar-refractivity contribution in [1.82, 2.24) is 0 Å². The molecule has 0 saturated heterocycles. The SMILES string of the molecule is CC/C=C/C=C/C=C/C=C/C=C/CCCCCC(=O)OCC(COC(=O)CC/C=C/C/C=C/CCCCCCCC)OC(=O)CCCCCCCCC/C=C/C=C/C=C/CC. The maximum absolute atomic E-state index is 12.8. The van der Waals surface area contributed by atoms with Crippen molar-refractivity contribution in [3.63, 3.8) is 0 Å². The second-order valence-electron chi connectivity index (χ2n) is 15.4. The zero-order chi connectivity index (χ0) is 44.4. The Kier molecular flexibility index (Phi) is 45.1. The lowest BCUT2D eigenvalue weighted by Gasteiger charge is -2.18. The molecule has 6 heteroatoms. The van der Waals surface area contributed by atoms with Gasteiger partial charge in [0.2, 0.25) is 0 Å². The van der Waals surface area contributed by atoms with Crippen molar-refractivity contribution in [3.05, 3.63) is 122 Å². The third-order valence-corrected chi connectivity index (χ3v) is 9.63. The van der Waals surface area contributed by atoms with Crippen LogP contribution in [0.15, 0.2) is 122 Å². The molecule has 0 radical (unpaired) electrons. The van der Waals surface area contributed by atoms with E-state index in [2.05, 4.69) is 87.6 Å². The Morgan fingerprint density at radius 2 is 0.738 bits per heavy atom. The molecule has 0 aromatic heterocycles. The quantitative estimate of drug-likeness (QED) is 0.0201. The Hall–Kier alpha value is -4.19. The van der Waals surface area contributed by atoms with Crippen molar-refractivity contribution in [2.45, 2.75) is 194 Å². The van der Waals surface area contributed by atoms with Gasteiger partial charge in [-0.25, -0.2) is 0 Å². The van der Waals surface area contributed by atoms with Gasteiger partial charge in [0.05, 0.1) is 0 Å². The van der Waals surface area contributed by atoms with Crippen molar-refractivity contribution >= 4 is 17.9 Å². The lowest BCUT2D eigenvalue weighted by molar-refractivity contribution is -0.166. The van der Waals surface area contributed by atoms with Gasteiger partial charge in [0.15, 0.2) is 6.10 Å². The number of carbonyl (C=O) groups excluding carboxylic acids is 3. The maximum atomic E-state index is 12.8. The van der Waals surface area contributed by atoms with E-state index in [-0.39, 0.29) is 44.0 Å². The van der Waals surface area contributed by atoms with Crippen molar-refractivity contribution < 1.29 is 28.6 Å². The molecule has 0 amide bonds. The van der Waals surface area contributed by atoms with E-state index in [0.29, 0.717) is 12.8 Å². The minimum Gasteiger partial charge on any atom is -0.462 e. The first-order valence-corrected chi connectivity index (χ1v) is 24.1. The molecule has 61 heavy (non-hydrogen) atoms. The van der Waals surface area contributed by atoms with E-state index in [4.69, 9.17) is 14.2 Å². The monoisotopic (exact) mass is 843 g/mol. The number of esters is 3. The van der Waals surface area contributed by atoms with Crippen LogP contribution in [0.3, 0.4) is 0 Å². The van der Waals surface area contributed by atoms with Gasteiger partial charge in [-0.2, -0.15) is 0 Å². The van der Waals surface area contributed by atoms with Crippen LogP contribution in [0.2, 0.25) is 0 Å². The Morgan fingerprint density at radius 3 is 1.25 bits per heavy atom. The Balaban J connectivity index is 4.58. The smallest absolute Gasteiger partial charge is 0.306 e. The summed E-state index contributed by atoms with van der Waals surface area (Å²) in [7, 11) is 0. The zero-order valence-corrected chi connectivity index (χ0v) is 38.9. The second kappa shape index (κ2) is 48.5. The molecule has 342 valence electrons. The molecule has 6 nitrogen and oxygen atoms in total. The number of carbonyl (C=O) groups is 3. The van der Waals surface area contributed by atoms with E-state index < -0.39 is 6.10 Å². The Bertz CT molecular complexity index is 1340. The van der Waals surface area contributed by atoms with Gasteiger partial charge in [0.25, 0.3) is 0 Å². The fourth-order valence-electron chi connectivity index (χ4n) is 6.04. The predicted molar refractivity (Wildman–Crippen MR) is 260 cm³/mol. The van der Waals surface area contributed by atoms with Crippen LogP contribution in [0.5, 0.6) is 0 Å². The van der Waals surface area contributed by atoms with E-state index >= 15 is 0 Å². The number of unbranched alkanes of at least 4 members (excludes halogenated alkanes) is 16. The van der Waals surface area contributed by atoms with Gasteiger partial charge in [-0.1, -0.05) is 213 Å². The van der Waals surface area contributed by atoms with Crippen LogP contribution in [0.25, 0.3) is 0 Å². The number of hydrogen-bond acceptors (Lipinski definition) is 6. The molecule has 0 aromatic rings. The summed E-state index contributed by atoms with van der Waals surface area (Å²) >= 11 is 0. The van der Waals surface area contributed by atoms with Crippen molar-refractivity contribution in [3.8, 4) is 0 Å². The highest BCUT2D eigenvalue weighted by atomic mass is 16.6. The van der Waals surface area contributed by atoms with Gasteiger partial charge in [-0.15, -0.1) is 0 Å². The van der Waals surface area contributed by atoms with Gasteiger partial charge in [0.1, 0.15) is 13.2 Å². The molecule has 0 aliphatic carbocycles. The maximum Gasteiger partial charge on any atom is 0.306 e. The molecule has 0 aliphatic rings. The van der Waals surface area contributed by atoms with Crippen LogP contribution in [-0.2, 0) is 28.6 Å². The van der Waals surface area contributed by atoms with Crippen LogP contribution in [0.1, 0.15) is 188 Å². The van der Waals surface area contributed by atoms with Crippen LogP contribution in [0, 0.1) is 0 Å². The standard InChI is InChI=1S/C55H86O6/c1-4-7-10-13-16-19-22-25-27-30-33-36-39-42-45-48-54(57)60-51-52(50-59-53(56)47-44-41-38-35-32-29-24-21-18-15-12-9-6-3)61-55(58)49-46-43-40-37-34-31-28-26-23-20-17-14-11-8-5-2/h7-8,10-11,13-14,16-17,19-20,22-23,25,27,29-30,32-33,38,41,52H,4-6,9,12,15,18,21,24,26,28,31,34-37,39-40,42-51H2,1-3H3/b10-7+,11-8+,16-13+,17-14+,22-19+,23-20+,27-25+,32-29+,33-30+,41-38+. The first-order valence-electron chi connectivity index (χ1n) is 24.1. The number of ether oxygens (including phenoxy) is 3. The van der Waals surface area contributed by atoms with Crippen molar-refractivity contribution in [2.75, 3.05) is 13.2 Å². The highest BCUT2D eigenvalue weighted by Gasteiger charge is 2.19. The normalized spacial score (nSPS) is 13.2. The summed E-state index contributed by atoms with van der Waals surface area (Å²) in [5, 5.41) is 0. The zero-order valence-electron chi connectivity index (χ0n) is 38.9. The van der Waals surface area contributed by atoms with Crippen LogP contribution >= 0.6 is 0 Å².